The number of aromatic nitrogens is 4. The maximum atomic E-state index is 12.5. The standard InChI is InChI=1S/C21H32N6O2/c1-15-16(13-23-24-15)12-22-14-17-6-4-5-11-26(17)20-9-10-21(29)27(25-20)18-7-2-3-8-19(18)28/h9-10,13,17-19,22,28H,2-8,11-12,14H2,1H3,(H,23,24). The van der Waals surface area contributed by atoms with Crippen molar-refractivity contribution in [3.63, 3.8) is 0 Å². The first kappa shape index (κ1) is 20.1. The van der Waals surface area contributed by atoms with E-state index in [1.807, 2.05) is 19.2 Å². The van der Waals surface area contributed by atoms with E-state index in [9.17, 15) is 9.90 Å². The van der Waals surface area contributed by atoms with Crippen LogP contribution in [0.25, 0.3) is 0 Å². The molecule has 3 N–H and O–H groups in total. The normalized spacial score (nSPS) is 25.3. The Balaban J connectivity index is 1.48. The Labute approximate surface area is 171 Å². The number of hydrogen-bond donors (Lipinski definition) is 3. The van der Waals surface area contributed by atoms with Crippen LogP contribution in [0.4, 0.5) is 5.82 Å². The molecular weight excluding hydrogens is 368 g/mol. The van der Waals surface area contributed by atoms with E-state index in [0.717, 1.165) is 69.7 Å². The first-order chi connectivity index (χ1) is 14.1. The minimum Gasteiger partial charge on any atom is -0.391 e. The second kappa shape index (κ2) is 9.09. The number of aryl methyl sites for hydroxylation is 1. The molecule has 2 fully saturated rings. The first-order valence-corrected chi connectivity index (χ1v) is 10.9. The summed E-state index contributed by atoms with van der Waals surface area (Å²) in [6.45, 7) is 4.62. The zero-order valence-electron chi connectivity index (χ0n) is 17.2. The van der Waals surface area contributed by atoms with Gasteiger partial charge in [0.1, 0.15) is 5.82 Å². The topological polar surface area (TPSA) is 99.1 Å². The van der Waals surface area contributed by atoms with Crippen LogP contribution in [0.3, 0.4) is 0 Å². The summed E-state index contributed by atoms with van der Waals surface area (Å²) in [6.07, 6.45) is 8.42. The lowest BCUT2D eigenvalue weighted by atomic mass is 9.93. The molecule has 0 spiro atoms. The number of anilines is 1. The molecule has 1 saturated heterocycles. The molecule has 3 heterocycles. The fourth-order valence-corrected chi connectivity index (χ4v) is 4.62. The maximum absolute atomic E-state index is 12.5. The molecule has 8 nitrogen and oxygen atoms in total. The Kier molecular flexibility index (Phi) is 6.30. The fourth-order valence-electron chi connectivity index (χ4n) is 4.62. The summed E-state index contributed by atoms with van der Waals surface area (Å²) in [6, 6.07) is 3.58. The maximum Gasteiger partial charge on any atom is 0.267 e. The smallest absolute Gasteiger partial charge is 0.267 e. The van der Waals surface area contributed by atoms with E-state index in [4.69, 9.17) is 5.10 Å². The summed E-state index contributed by atoms with van der Waals surface area (Å²) in [5.41, 5.74) is 2.16. The van der Waals surface area contributed by atoms with Crippen molar-refractivity contribution in [2.45, 2.75) is 76.6 Å². The van der Waals surface area contributed by atoms with E-state index in [1.54, 1.807) is 6.07 Å². The van der Waals surface area contributed by atoms with E-state index in [2.05, 4.69) is 20.4 Å². The molecule has 158 valence electrons. The zero-order valence-corrected chi connectivity index (χ0v) is 17.2. The first-order valence-electron chi connectivity index (χ1n) is 10.9. The van der Waals surface area contributed by atoms with E-state index >= 15 is 0 Å². The van der Waals surface area contributed by atoms with Gasteiger partial charge in [0, 0.05) is 43.0 Å². The molecule has 29 heavy (non-hydrogen) atoms. The van der Waals surface area contributed by atoms with Crippen molar-refractivity contribution in [2.24, 2.45) is 0 Å². The van der Waals surface area contributed by atoms with Gasteiger partial charge in [-0.05, 0) is 45.1 Å². The molecule has 1 saturated carbocycles. The molecule has 1 aliphatic heterocycles. The molecule has 0 bridgehead atoms. The van der Waals surface area contributed by atoms with Crippen molar-refractivity contribution in [3.8, 4) is 0 Å². The van der Waals surface area contributed by atoms with Gasteiger partial charge in [-0.3, -0.25) is 9.89 Å². The van der Waals surface area contributed by atoms with Crippen molar-refractivity contribution in [1.82, 2.24) is 25.3 Å². The summed E-state index contributed by atoms with van der Waals surface area (Å²) >= 11 is 0. The van der Waals surface area contributed by atoms with Gasteiger partial charge in [-0.15, -0.1) is 0 Å². The minimum absolute atomic E-state index is 0.123. The van der Waals surface area contributed by atoms with Crippen molar-refractivity contribution < 1.29 is 5.11 Å². The van der Waals surface area contributed by atoms with Crippen LogP contribution in [0.15, 0.2) is 23.1 Å². The number of nitrogens with one attached hydrogen (secondary N) is 2. The van der Waals surface area contributed by atoms with E-state index in [0.29, 0.717) is 6.04 Å². The molecule has 0 aromatic carbocycles. The molecule has 0 radical (unpaired) electrons. The lowest BCUT2D eigenvalue weighted by Crippen LogP contribution is -2.47. The predicted octanol–water partition coefficient (Wildman–Crippen LogP) is 1.90. The SMILES string of the molecule is Cc1[nH]ncc1CNCC1CCCCN1c1ccc(=O)n(C2CCCCC2O)n1. The van der Waals surface area contributed by atoms with Crippen LogP contribution in [0.1, 0.15) is 62.2 Å². The lowest BCUT2D eigenvalue weighted by Gasteiger charge is -2.37. The monoisotopic (exact) mass is 400 g/mol. The van der Waals surface area contributed by atoms with Crippen LogP contribution in [-0.2, 0) is 6.54 Å². The van der Waals surface area contributed by atoms with Gasteiger partial charge in [-0.25, -0.2) is 4.68 Å². The molecule has 2 aromatic rings. The molecule has 3 atom stereocenters. The third-order valence-corrected chi connectivity index (χ3v) is 6.37. The Bertz CT molecular complexity index is 863. The predicted molar refractivity (Wildman–Crippen MR) is 112 cm³/mol. The number of piperidine rings is 1. The van der Waals surface area contributed by atoms with Crippen LogP contribution in [0, 0.1) is 6.92 Å². The molecule has 2 aromatic heterocycles. The molecule has 4 rings (SSSR count). The third-order valence-electron chi connectivity index (χ3n) is 6.37. The van der Waals surface area contributed by atoms with Gasteiger partial charge >= 0.3 is 0 Å². The van der Waals surface area contributed by atoms with Crippen molar-refractivity contribution in [2.75, 3.05) is 18.0 Å². The quantitative estimate of drug-likeness (QED) is 0.685. The van der Waals surface area contributed by atoms with Gasteiger partial charge in [0.2, 0.25) is 0 Å². The van der Waals surface area contributed by atoms with Crippen LogP contribution in [0.2, 0.25) is 0 Å². The number of nitrogens with zero attached hydrogens (tertiary/aromatic N) is 4. The van der Waals surface area contributed by atoms with Crippen LogP contribution in [-0.4, -0.2) is 50.3 Å². The van der Waals surface area contributed by atoms with Gasteiger partial charge in [-0.1, -0.05) is 12.8 Å². The number of hydrogen-bond acceptors (Lipinski definition) is 6. The molecular formula is C21H32N6O2. The molecule has 3 unspecified atom stereocenters. The van der Waals surface area contributed by atoms with Gasteiger partial charge in [-0.2, -0.15) is 10.2 Å². The number of H-pyrrole nitrogens is 1. The third kappa shape index (κ3) is 4.53. The van der Waals surface area contributed by atoms with Crippen molar-refractivity contribution >= 4 is 5.82 Å². The number of aliphatic hydroxyl groups excluding tert-OH is 1. The number of rotatable bonds is 6. The molecule has 2 aliphatic rings. The summed E-state index contributed by atoms with van der Waals surface area (Å²) < 4.78 is 1.53. The van der Waals surface area contributed by atoms with Crippen molar-refractivity contribution in [3.05, 3.63) is 39.9 Å². The van der Waals surface area contributed by atoms with Crippen LogP contribution < -0.4 is 15.8 Å². The Morgan fingerprint density at radius 2 is 2.03 bits per heavy atom. The largest absolute Gasteiger partial charge is 0.391 e. The minimum atomic E-state index is -0.485. The molecule has 1 aliphatic carbocycles. The highest BCUT2D eigenvalue weighted by Crippen LogP contribution is 2.28. The average molecular weight is 401 g/mol. The second-order valence-corrected chi connectivity index (χ2v) is 8.39. The van der Waals surface area contributed by atoms with Crippen LogP contribution in [0.5, 0.6) is 0 Å². The van der Waals surface area contributed by atoms with E-state index in [1.165, 1.54) is 16.7 Å². The second-order valence-electron chi connectivity index (χ2n) is 8.39. The number of aliphatic hydroxyl groups is 1. The highest BCUT2D eigenvalue weighted by Gasteiger charge is 2.28. The molecule has 8 heteroatoms. The van der Waals surface area contributed by atoms with E-state index < -0.39 is 6.10 Å². The summed E-state index contributed by atoms with van der Waals surface area (Å²) in [7, 11) is 0. The Hall–Kier alpha value is -2.19. The van der Waals surface area contributed by atoms with Crippen LogP contribution >= 0.6 is 0 Å². The highest BCUT2D eigenvalue weighted by molar-refractivity contribution is 5.39. The lowest BCUT2D eigenvalue weighted by molar-refractivity contribution is 0.0669. The average Bonchev–Trinajstić information content (AvgIpc) is 3.14. The van der Waals surface area contributed by atoms with Gasteiger partial charge in [0.05, 0.1) is 18.3 Å². The highest BCUT2D eigenvalue weighted by atomic mass is 16.3. The van der Waals surface area contributed by atoms with Gasteiger partial charge in [0.15, 0.2) is 0 Å². The summed E-state index contributed by atoms with van der Waals surface area (Å²) in [5.74, 6) is 0.841. The van der Waals surface area contributed by atoms with Gasteiger partial charge < -0.3 is 15.3 Å². The Morgan fingerprint density at radius 1 is 1.21 bits per heavy atom. The zero-order chi connectivity index (χ0) is 20.2. The Morgan fingerprint density at radius 3 is 2.83 bits per heavy atom. The fraction of sp³-hybridized carbons (Fsp3) is 0.667. The summed E-state index contributed by atoms with van der Waals surface area (Å²) in [5, 5.41) is 25.7. The van der Waals surface area contributed by atoms with E-state index in [-0.39, 0.29) is 11.6 Å². The number of aromatic amines is 1. The van der Waals surface area contributed by atoms with Crippen molar-refractivity contribution in [1.29, 1.82) is 0 Å². The summed E-state index contributed by atoms with van der Waals surface area (Å²) in [4.78, 5) is 14.8. The molecule has 0 amide bonds. The van der Waals surface area contributed by atoms with Gasteiger partial charge in [0.25, 0.3) is 5.56 Å².